The molecule has 0 spiro atoms. The minimum Gasteiger partial charge on any atom is -0.468 e. The molecule has 0 radical (unpaired) electrons. The molecule has 0 amide bonds. The molecular weight excluding hydrogens is 372 g/mol. The highest BCUT2D eigenvalue weighted by molar-refractivity contribution is 8.00. The van der Waals surface area contributed by atoms with Gasteiger partial charge in [-0.15, -0.1) is 11.3 Å². The van der Waals surface area contributed by atoms with Gasteiger partial charge < -0.3 is 9.47 Å². The third-order valence-corrected chi connectivity index (χ3v) is 7.27. The summed E-state index contributed by atoms with van der Waals surface area (Å²) in [6, 6.07) is 0. The predicted molar refractivity (Wildman–Crippen MR) is 102 cm³/mol. The van der Waals surface area contributed by atoms with E-state index in [2.05, 4.69) is 0 Å². The van der Waals surface area contributed by atoms with Crippen LogP contribution in [0.5, 0.6) is 0 Å². The second kappa shape index (κ2) is 7.32. The van der Waals surface area contributed by atoms with E-state index >= 15 is 0 Å². The van der Waals surface area contributed by atoms with Crippen LogP contribution in [0.1, 0.15) is 36.6 Å². The highest BCUT2D eigenvalue weighted by Crippen LogP contribution is 2.36. The van der Waals surface area contributed by atoms with Gasteiger partial charge in [-0.05, 0) is 44.6 Å². The van der Waals surface area contributed by atoms with Gasteiger partial charge in [0.25, 0.3) is 5.56 Å². The van der Waals surface area contributed by atoms with Crippen molar-refractivity contribution in [2.75, 3.05) is 13.7 Å². The largest absolute Gasteiger partial charge is 0.468 e. The number of nitrogens with zero attached hydrogens (tertiary/aromatic N) is 2. The quantitative estimate of drug-likeness (QED) is 0.441. The first-order valence-corrected chi connectivity index (χ1v) is 10.7. The van der Waals surface area contributed by atoms with Gasteiger partial charge in [0.1, 0.15) is 10.1 Å². The molecule has 26 heavy (non-hydrogen) atoms. The Morgan fingerprint density at radius 2 is 2.31 bits per heavy atom. The number of carbonyl (C=O) groups is 1. The SMILES string of the molecule is COC(=O)[C@H](C)Sc1nc2sc3c(c2c(=O)n1C[C@H]1CCCO1)CCC3. The van der Waals surface area contributed by atoms with Gasteiger partial charge in [-0.1, -0.05) is 11.8 Å². The monoisotopic (exact) mass is 394 g/mol. The molecule has 0 bridgehead atoms. The molecule has 6 nitrogen and oxygen atoms in total. The minimum absolute atomic E-state index is 0.00414. The summed E-state index contributed by atoms with van der Waals surface area (Å²) in [5.41, 5.74) is 1.19. The smallest absolute Gasteiger partial charge is 0.318 e. The van der Waals surface area contributed by atoms with Gasteiger partial charge in [0.05, 0.1) is 25.1 Å². The fraction of sp³-hybridized carbons (Fsp3) is 0.611. The van der Waals surface area contributed by atoms with Gasteiger partial charge >= 0.3 is 5.97 Å². The maximum atomic E-state index is 13.3. The third-order valence-electron chi connectivity index (χ3n) is 5.02. The Bertz CT molecular complexity index is 899. The van der Waals surface area contributed by atoms with Crippen molar-refractivity contribution in [2.24, 2.45) is 0 Å². The number of thiophene rings is 1. The zero-order valence-electron chi connectivity index (χ0n) is 14.9. The van der Waals surface area contributed by atoms with Crippen molar-refractivity contribution in [3.63, 3.8) is 0 Å². The van der Waals surface area contributed by atoms with Gasteiger partial charge in [-0.3, -0.25) is 14.2 Å². The van der Waals surface area contributed by atoms with Gasteiger partial charge in [-0.2, -0.15) is 0 Å². The van der Waals surface area contributed by atoms with E-state index in [0.29, 0.717) is 11.7 Å². The van der Waals surface area contributed by atoms with Crippen molar-refractivity contribution < 1.29 is 14.3 Å². The molecule has 3 heterocycles. The Morgan fingerprint density at radius 3 is 3.04 bits per heavy atom. The van der Waals surface area contributed by atoms with E-state index in [1.165, 1.54) is 29.3 Å². The minimum atomic E-state index is -0.424. The lowest BCUT2D eigenvalue weighted by atomic mass is 10.2. The van der Waals surface area contributed by atoms with E-state index in [0.717, 1.165) is 48.9 Å². The lowest BCUT2D eigenvalue weighted by Gasteiger charge is -2.17. The van der Waals surface area contributed by atoms with E-state index in [1.807, 2.05) is 0 Å². The number of aryl methyl sites for hydroxylation is 2. The molecule has 1 fully saturated rings. The Morgan fingerprint density at radius 1 is 1.46 bits per heavy atom. The molecule has 0 aromatic carbocycles. The van der Waals surface area contributed by atoms with E-state index in [1.54, 1.807) is 22.8 Å². The van der Waals surface area contributed by atoms with Crippen LogP contribution in [-0.2, 0) is 33.7 Å². The summed E-state index contributed by atoms with van der Waals surface area (Å²) in [5.74, 6) is -0.318. The average molecular weight is 395 g/mol. The molecule has 140 valence electrons. The molecule has 2 atom stereocenters. The molecule has 1 aliphatic heterocycles. The van der Waals surface area contributed by atoms with E-state index in [4.69, 9.17) is 14.5 Å². The number of aromatic nitrogens is 2. The van der Waals surface area contributed by atoms with Crippen molar-refractivity contribution in [1.82, 2.24) is 9.55 Å². The molecule has 2 aliphatic rings. The number of thioether (sulfide) groups is 1. The molecule has 1 aliphatic carbocycles. The first-order valence-electron chi connectivity index (χ1n) is 8.99. The molecule has 1 saturated heterocycles. The Kier molecular flexibility index (Phi) is 5.07. The zero-order valence-corrected chi connectivity index (χ0v) is 16.6. The van der Waals surface area contributed by atoms with Crippen molar-refractivity contribution in [2.45, 2.75) is 62.1 Å². The Hall–Kier alpha value is -1.38. The molecule has 0 unspecified atom stereocenters. The van der Waals surface area contributed by atoms with E-state index in [-0.39, 0.29) is 17.6 Å². The number of rotatable bonds is 5. The number of carbonyl (C=O) groups excluding carboxylic acids is 1. The number of methoxy groups -OCH3 is 1. The first-order chi connectivity index (χ1) is 12.6. The maximum absolute atomic E-state index is 13.3. The number of ether oxygens (including phenoxy) is 2. The summed E-state index contributed by atoms with van der Waals surface area (Å²) in [5, 5.41) is 0.929. The normalized spacial score (nSPS) is 20.5. The first kappa shape index (κ1) is 18.0. The molecule has 8 heteroatoms. The second-order valence-corrected chi connectivity index (χ2v) is 9.16. The van der Waals surface area contributed by atoms with Crippen LogP contribution in [-0.4, -0.2) is 40.6 Å². The topological polar surface area (TPSA) is 70.4 Å². The number of hydrogen-bond donors (Lipinski definition) is 0. The highest BCUT2D eigenvalue weighted by Gasteiger charge is 2.27. The third kappa shape index (κ3) is 3.18. The van der Waals surface area contributed by atoms with E-state index < -0.39 is 5.25 Å². The molecule has 0 saturated carbocycles. The van der Waals surface area contributed by atoms with Crippen molar-refractivity contribution in [1.29, 1.82) is 0 Å². The summed E-state index contributed by atoms with van der Waals surface area (Å²) in [6.45, 7) is 3.00. The van der Waals surface area contributed by atoms with Crippen molar-refractivity contribution >= 4 is 39.3 Å². The van der Waals surface area contributed by atoms with Crippen molar-refractivity contribution in [3.05, 3.63) is 20.8 Å². The van der Waals surface area contributed by atoms with Crippen LogP contribution in [0.4, 0.5) is 0 Å². The van der Waals surface area contributed by atoms with Crippen LogP contribution in [0.25, 0.3) is 10.2 Å². The number of esters is 1. The second-order valence-electron chi connectivity index (χ2n) is 6.77. The summed E-state index contributed by atoms with van der Waals surface area (Å²) >= 11 is 2.91. The van der Waals surface area contributed by atoms with Gasteiger partial charge in [0, 0.05) is 11.5 Å². The standard InChI is InChI=1S/C18H22N2O4S2/c1-10(17(22)23-2)25-18-19-15-14(12-6-3-7-13(12)26-15)16(21)20(18)9-11-5-4-8-24-11/h10-11H,3-9H2,1-2H3/t10-,11+/m0/s1. The van der Waals surface area contributed by atoms with Gasteiger partial charge in [-0.25, -0.2) is 4.98 Å². The van der Waals surface area contributed by atoms with Crippen LogP contribution in [0, 0.1) is 0 Å². The molecule has 2 aromatic rings. The summed E-state index contributed by atoms with van der Waals surface area (Å²) in [4.78, 5) is 32.0. The van der Waals surface area contributed by atoms with Crippen LogP contribution >= 0.6 is 23.1 Å². The van der Waals surface area contributed by atoms with Crippen LogP contribution in [0.2, 0.25) is 0 Å². The van der Waals surface area contributed by atoms with Gasteiger partial charge in [0.15, 0.2) is 5.16 Å². The van der Waals surface area contributed by atoms with Crippen LogP contribution in [0.15, 0.2) is 9.95 Å². The summed E-state index contributed by atoms with van der Waals surface area (Å²) < 4.78 is 12.3. The number of hydrogen-bond acceptors (Lipinski definition) is 7. The molecule has 0 N–H and O–H groups in total. The average Bonchev–Trinajstić information content (AvgIpc) is 3.34. The number of fused-ring (bicyclic) bond motifs is 3. The Labute approximate surface area is 159 Å². The van der Waals surface area contributed by atoms with Crippen LogP contribution < -0.4 is 5.56 Å². The maximum Gasteiger partial charge on any atom is 0.318 e. The molecule has 4 rings (SSSR count). The fourth-order valence-corrected chi connectivity index (χ4v) is 5.92. The van der Waals surface area contributed by atoms with Crippen molar-refractivity contribution in [3.8, 4) is 0 Å². The summed E-state index contributed by atoms with van der Waals surface area (Å²) in [7, 11) is 1.37. The zero-order chi connectivity index (χ0) is 18.3. The lowest BCUT2D eigenvalue weighted by Crippen LogP contribution is -2.29. The van der Waals surface area contributed by atoms with E-state index in [9.17, 15) is 9.59 Å². The lowest BCUT2D eigenvalue weighted by molar-refractivity contribution is -0.139. The van der Waals surface area contributed by atoms with Gasteiger partial charge in [0.2, 0.25) is 0 Å². The summed E-state index contributed by atoms with van der Waals surface area (Å²) in [6.07, 6.45) is 5.09. The predicted octanol–water partition coefficient (Wildman–Crippen LogP) is 2.78. The molecule has 2 aromatic heterocycles. The Balaban J connectivity index is 1.79. The fourth-order valence-electron chi connectivity index (χ4n) is 3.67. The highest BCUT2D eigenvalue weighted by atomic mass is 32.2. The molecular formula is C18H22N2O4S2. The van der Waals surface area contributed by atoms with Crippen LogP contribution in [0.3, 0.4) is 0 Å².